The van der Waals surface area contributed by atoms with Gasteiger partial charge in [-0.25, -0.2) is 0 Å². The molecule has 5 heteroatoms. The summed E-state index contributed by atoms with van der Waals surface area (Å²) in [5, 5.41) is 2.95. The summed E-state index contributed by atoms with van der Waals surface area (Å²) in [7, 11) is 0. The van der Waals surface area contributed by atoms with E-state index in [0.29, 0.717) is 22.7 Å². The Bertz CT molecular complexity index is 1010. The number of benzene rings is 1. The van der Waals surface area contributed by atoms with Crippen molar-refractivity contribution < 1.29 is 9.21 Å². The highest BCUT2D eigenvalue weighted by Gasteiger charge is 2.26. The highest BCUT2D eigenvalue weighted by atomic mass is 32.1. The van der Waals surface area contributed by atoms with Crippen molar-refractivity contribution in [1.29, 1.82) is 0 Å². The van der Waals surface area contributed by atoms with Crippen molar-refractivity contribution in [3.05, 3.63) is 75.8 Å². The maximum absolute atomic E-state index is 12.9. The zero-order valence-electron chi connectivity index (χ0n) is 15.2. The average Bonchev–Trinajstić information content (AvgIpc) is 3.19. The van der Waals surface area contributed by atoms with Crippen LogP contribution in [-0.2, 0) is 19.4 Å². The fraction of sp³-hybridized carbons (Fsp3) is 0.273. The quantitative estimate of drug-likeness (QED) is 0.624. The van der Waals surface area contributed by atoms with Gasteiger partial charge in [0.1, 0.15) is 10.4 Å². The SMILES string of the molecule is C[C@H]1CCc2c(-c3ccccc3)[nH]c(=S)c(C(=O)NCc3ccco3)c2C1. The minimum absolute atomic E-state index is 0.141. The number of pyridine rings is 1. The van der Waals surface area contributed by atoms with Crippen molar-refractivity contribution in [2.75, 3.05) is 0 Å². The van der Waals surface area contributed by atoms with Crippen LogP contribution < -0.4 is 5.32 Å². The fourth-order valence-corrected chi connectivity index (χ4v) is 4.11. The molecule has 4 rings (SSSR count). The summed E-state index contributed by atoms with van der Waals surface area (Å²) in [4.78, 5) is 16.3. The van der Waals surface area contributed by atoms with E-state index in [1.807, 2.05) is 30.3 Å². The largest absolute Gasteiger partial charge is 0.467 e. The van der Waals surface area contributed by atoms with Gasteiger partial charge in [-0.15, -0.1) is 0 Å². The molecule has 0 bridgehead atoms. The molecule has 1 aliphatic rings. The Hall–Kier alpha value is -2.66. The molecule has 0 spiro atoms. The third kappa shape index (κ3) is 3.60. The summed E-state index contributed by atoms with van der Waals surface area (Å²) >= 11 is 5.61. The molecule has 2 N–H and O–H groups in total. The van der Waals surface area contributed by atoms with Crippen LogP contribution in [0.15, 0.2) is 53.1 Å². The minimum atomic E-state index is -0.141. The average molecular weight is 378 g/mol. The second kappa shape index (κ2) is 7.53. The van der Waals surface area contributed by atoms with E-state index in [2.05, 4.69) is 29.4 Å². The summed E-state index contributed by atoms with van der Waals surface area (Å²) < 4.78 is 5.81. The van der Waals surface area contributed by atoms with Gasteiger partial charge in [0.25, 0.3) is 5.91 Å². The molecule has 27 heavy (non-hydrogen) atoms. The summed E-state index contributed by atoms with van der Waals surface area (Å²) in [5.41, 5.74) is 5.07. The normalized spacial score (nSPS) is 16.0. The minimum Gasteiger partial charge on any atom is -0.467 e. The van der Waals surface area contributed by atoms with E-state index in [4.69, 9.17) is 16.6 Å². The Balaban J connectivity index is 1.76. The van der Waals surface area contributed by atoms with Gasteiger partial charge in [-0.1, -0.05) is 49.5 Å². The molecule has 1 atom stereocenters. The van der Waals surface area contributed by atoms with Gasteiger partial charge in [0.15, 0.2) is 0 Å². The van der Waals surface area contributed by atoms with Crippen molar-refractivity contribution in [2.45, 2.75) is 32.7 Å². The molecule has 1 aliphatic carbocycles. The zero-order chi connectivity index (χ0) is 18.8. The fourth-order valence-electron chi connectivity index (χ4n) is 3.79. The van der Waals surface area contributed by atoms with Gasteiger partial charge in [-0.2, -0.15) is 0 Å². The first-order valence-corrected chi connectivity index (χ1v) is 9.68. The van der Waals surface area contributed by atoms with E-state index < -0.39 is 0 Å². The van der Waals surface area contributed by atoms with Crippen LogP contribution >= 0.6 is 12.2 Å². The van der Waals surface area contributed by atoms with E-state index >= 15 is 0 Å². The number of fused-ring (bicyclic) bond motifs is 1. The van der Waals surface area contributed by atoms with Crippen LogP contribution in [0.5, 0.6) is 0 Å². The summed E-state index contributed by atoms with van der Waals surface area (Å²) in [6, 6.07) is 13.9. The number of aromatic amines is 1. The molecule has 0 unspecified atom stereocenters. The van der Waals surface area contributed by atoms with Gasteiger partial charge in [-0.05, 0) is 54.0 Å². The molecule has 0 saturated carbocycles. The number of nitrogens with one attached hydrogen (secondary N) is 2. The number of H-pyrrole nitrogens is 1. The Morgan fingerprint density at radius 3 is 2.78 bits per heavy atom. The third-order valence-electron chi connectivity index (χ3n) is 5.17. The van der Waals surface area contributed by atoms with Gasteiger partial charge in [0, 0.05) is 5.69 Å². The number of carbonyl (C=O) groups is 1. The number of aromatic nitrogens is 1. The van der Waals surface area contributed by atoms with Crippen LogP contribution in [0.2, 0.25) is 0 Å². The molecular formula is C22H22N2O2S. The molecular weight excluding hydrogens is 356 g/mol. The molecule has 4 nitrogen and oxygen atoms in total. The van der Waals surface area contributed by atoms with Gasteiger partial charge in [-0.3, -0.25) is 4.79 Å². The maximum Gasteiger partial charge on any atom is 0.254 e. The Labute approximate surface area is 163 Å². The second-order valence-corrected chi connectivity index (χ2v) is 7.55. The van der Waals surface area contributed by atoms with E-state index in [-0.39, 0.29) is 5.91 Å². The molecule has 0 radical (unpaired) electrons. The summed E-state index contributed by atoms with van der Waals surface area (Å²) in [5.74, 6) is 1.12. The van der Waals surface area contributed by atoms with Gasteiger partial charge in [0.05, 0.1) is 18.4 Å². The van der Waals surface area contributed by atoms with Gasteiger partial charge >= 0.3 is 0 Å². The van der Waals surface area contributed by atoms with Crippen LogP contribution in [0.3, 0.4) is 0 Å². The van der Waals surface area contributed by atoms with E-state index in [1.54, 1.807) is 6.26 Å². The lowest BCUT2D eigenvalue weighted by Crippen LogP contribution is -2.27. The first-order chi connectivity index (χ1) is 13.1. The topological polar surface area (TPSA) is 58.0 Å². The number of rotatable bonds is 4. The van der Waals surface area contributed by atoms with Gasteiger partial charge in [0.2, 0.25) is 0 Å². The molecule has 3 aromatic rings. The Morgan fingerprint density at radius 1 is 1.22 bits per heavy atom. The zero-order valence-corrected chi connectivity index (χ0v) is 16.1. The van der Waals surface area contributed by atoms with Crippen LogP contribution in [0.1, 0.15) is 40.6 Å². The lowest BCUT2D eigenvalue weighted by Gasteiger charge is -2.26. The second-order valence-electron chi connectivity index (χ2n) is 7.14. The molecule has 2 heterocycles. The lowest BCUT2D eigenvalue weighted by atomic mass is 9.81. The Kier molecular flexibility index (Phi) is 4.94. The monoisotopic (exact) mass is 378 g/mol. The first-order valence-electron chi connectivity index (χ1n) is 9.27. The first kappa shape index (κ1) is 17.7. The Morgan fingerprint density at radius 2 is 2.04 bits per heavy atom. The number of carbonyl (C=O) groups excluding carboxylic acids is 1. The molecule has 0 aliphatic heterocycles. The number of furan rings is 1. The lowest BCUT2D eigenvalue weighted by molar-refractivity contribution is 0.0945. The third-order valence-corrected chi connectivity index (χ3v) is 5.47. The van der Waals surface area contributed by atoms with Crippen molar-refractivity contribution in [3.8, 4) is 11.3 Å². The molecule has 0 saturated heterocycles. The number of hydrogen-bond donors (Lipinski definition) is 2. The van der Waals surface area contributed by atoms with Gasteiger partial charge < -0.3 is 14.7 Å². The van der Waals surface area contributed by atoms with Crippen LogP contribution in [0.4, 0.5) is 0 Å². The molecule has 1 aromatic carbocycles. The van der Waals surface area contributed by atoms with E-state index in [9.17, 15) is 4.79 Å². The summed E-state index contributed by atoms with van der Waals surface area (Å²) in [6.45, 7) is 2.58. The van der Waals surface area contributed by atoms with Crippen molar-refractivity contribution in [1.82, 2.24) is 10.3 Å². The smallest absolute Gasteiger partial charge is 0.254 e. The standard InChI is InChI=1S/C22H22N2O2S/c1-14-9-10-17-18(12-14)19(21(25)23-13-16-8-5-11-26-16)22(27)24-20(17)15-6-3-2-4-7-15/h2-8,11,14H,9-10,12-13H2,1H3,(H,23,25)(H,24,27)/t14-/m0/s1. The molecule has 2 aromatic heterocycles. The van der Waals surface area contributed by atoms with E-state index in [1.165, 1.54) is 5.56 Å². The van der Waals surface area contributed by atoms with Crippen molar-refractivity contribution >= 4 is 18.1 Å². The maximum atomic E-state index is 12.9. The predicted molar refractivity (Wildman–Crippen MR) is 108 cm³/mol. The highest BCUT2D eigenvalue weighted by molar-refractivity contribution is 7.71. The molecule has 1 amide bonds. The molecule has 138 valence electrons. The van der Waals surface area contributed by atoms with E-state index in [0.717, 1.165) is 41.8 Å². The van der Waals surface area contributed by atoms with Crippen molar-refractivity contribution in [2.24, 2.45) is 5.92 Å². The summed E-state index contributed by atoms with van der Waals surface area (Å²) in [6.07, 6.45) is 4.54. The van der Waals surface area contributed by atoms with Crippen LogP contribution in [0, 0.1) is 10.6 Å². The van der Waals surface area contributed by atoms with Crippen LogP contribution in [-0.4, -0.2) is 10.9 Å². The van der Waals surface area contributed by atoms with Crippen LogP contribution in [0.25, 0.3) is 11.3 Å². The molecule has 0 fully saturated rings. The van der Waals surface area contributed by atoms with Crippen molar-refractivity contribution in [3.63, 3.8) is 0 Å². The number of hydrogen-bond acceptors (Lipinski definition) is 3. The predicted octanol–water partition coefficient (Wildman–Crippen LogP) is 5.06. The highest BCUT2D eigenvalue weighted by Crippen LogP contribution is 2.34. The number of amides is 1.